The molecule has 6 nitrogen and oxygen atoms in total. The minimum atomic E-state index is -0.468. The number of nitrogens with zero attached hydrogens (tertiary/aromatic N) is 2. The van der Waals surface area contributed by atoms with Gasteiger partial charge in [0.15, 0.2) is 0 Å². The Morgan fingerprint density at radius 1 is 1.44 bits per heavy atom. The highest BCUT2D eigenvalue weighted by atomic mass is 32.1. The van der Waals surface area contributed by atoms with Crippen molar-refractivity contribution in [1.29, 1.82) is 0 Å². The van der Waals surface area contributed by atoms with Crippen LogP contribution in [0.3, 0.4) is 0 Å². The molecule has 1 aromatic rings. The van der Waals surface area contributed by atoms with E-state index in [0.29, 0.717) is 18.0 Å². The molecule has 18 heavy (non-hydrogen) atoms. The van der Waals surface area contributed by atoms with E-state index < -0.39 is 4.92 Å². The Kier molecular flexibility index (Phi) is 3.63. The zero-order chi connectivity index (χ0) is 13.3. The molecule has 2 atom stereocenters. The third kappa shape index (κ3) is 2.68. The van der Waals surface area contributed by atoms with Crippen molar-refractivity contribution in [2.45, 2.75) is 25.9 Å². The van der Waals surface area contributed by atoms with Gasteiger partial charge in [-0.15, -0.1) is 0 Å². The van der Waals surface area contributed by atoms with E-state index in [9.17, 15) is 14.9 Å². The smallest absolute Gasteiger partial charge is 0.324 e. The van der Waals surface area contributed by atoms with Crippen molar-refractivity contribution in [2.24, 2.45) is 0 Å². The number of piperazine rings is 1. The molecule has 0 aromatic carbocycles. The van der Waals surface area contributed by atoms with E-state index >= 15 is 0 Å². The Bertz CT molecular complexity index is 464. The van der Waals surface area contributed by atoms with Crippen molar-refractivity contribution in [3.63, 3.8) is 0 Å². The number of thiophene rings is 1. The van der Waals surface area contributed by atoms with Crippen molar-refractivity contribution in [1.82, 2.24) is 10.2 Å². The lowest BCUT2D eigenvalue weighted by atomic mass is 10.1. The van der Waals surface area contributed by atoms with E-state index in [1.165, 1.54) is 12.1 Å². The number of nitrogens with one attached hydrogen (secondary N) is 1. The van der Waals surface area contributed by atoms with Crippen LogP contribution >= 0.6 is 11.3 Å². The van der Waals surface area contributed by atoms with Crippen molar-refractivity contribution < 1.29 is 9.72 Å². The molecule has 0 saturated carbocycles. The molecular weight excluding hydrogens is 254 g/mol. The van der Waals surface area contributed by atoms with E-state index in [2.05, 4.69) is 5.32 Å². The molecule has 1 aromatic heterocycles. The molecule has 1 fully saturated rings. The number of carbonyl (C=O) groups excluding carboxylic acids is 1. The highest BCUT2D eigenvalue weighted by Gasteiger charge is 2.27. The number of amides is 1. The lowest BCUT2D eigenvalue weighted by molar-refractivity contribution is -0.380. The topological polar surface area (TPSA) is 75.5 Å². The van der Waals surface area contributed by atoms with Crippen LogP contribution in [-0.4, -0.2) is 40.9 Å². The number of nitro groups is 1. The maximum atomic E-state index is 12.2. The van der Waals surface area contributed by atoms with E-state index in [-0.39, 0.29) is 23.0 Å². The second-order valence-corrected chi connectivity index (χ2v) is 5.64. The lowest BCUT2D eigenvalue weighted by Crippen LogP contribution is -2.55. The van der Waals surface area contributed by atoms with Gasteiger partial charge < -0.3 is 10.2 Å². The van der Waals surface area contributed by atoms with Gasteiger partial charge >= 0.3 is 5.00 Å². The summed E-state index contributed by atoms with van der Waals surface area (Å²) in [5.74, 6) is -0.117. The van der Waals surface area contributed by atoms with Crippen LogP contribution < -0.4 is 5.32 Å². The Morgan fingerprint density at radius 2 is 2.06 bits per heavy atom. The first-order valence-electron chi connectivity index (χ1n) is 5.77. The molecule has 2 rings (SSSR count). The van der Waals surface area contributed by atoms with Gasteiger partial charge in [-0.1, -0.05) is 11.3 Å². The van der Waals surface area contributed by atoms with E-state index in [4.69, 9.17) is 0 Å². The summed E-state index contributed by atoms with van der Waals surface area (Å²) in [6.45, 7) is 5.31. The Hall–Kier alpha value is -1.47. The minimum Gasteiger partial charge on any atom is -0.335 e. The van der Waals surface area contributed by atoms with Crippen molar-refractivity contribution in [3.05, 3.63) is 27.1 Å². The summed E-state index contributed by atoms with van der Waals surface area (Å²) in [6, 6.07) is 3.40. The van der Waals surface area contributed by atoms with Gasteiger partial charge in [0, 0.05) is 31.2 Å². The fourth-order valence-electron chi connectivity index (χ4n) is 2.19. The van der Waals surface area contributed by atoms with Gasteiger partial charge in [0.25, 0.3) is 5.91 Å². The summed E-state index contributed by atoms with van der Waals surface area (Å²) in [5, 5.41) is 13.9. The Labute approximate surface area is 109 Å². The molecule has 0 spiro atoms. The number of carbonyl (C=O) groups is 1. The largest absolute Gasteiger partial charge is 0.335 e. The molecule has 98 valence electrons. The van der Waals surface area contributed by atoms with Crippen LogP contribution in [-0.2, 0) is 0 Å². The molecule has 1 aliphatic heterocycles. The Balaban J connectivity index is 2.12. The quantitative estimate of drug-likeness (QED) is 0.651. The lowest BCUT2D eigenvalue weighted by Gasteiger charge is -2.35. The van der Waals surface area contributed by atoms with Gasteiger partial charge in [-0.05, 0) is 19.9 Å². The fraction of sp³-hybridized carbons (Fsp3) is 0.545. The van der Waals surface area contributed by atoms with Gasteiger partial charge in [0.2, 0.25) is 0 Å². The summed E-state index contributed by atoms with van der Waals surface area (Å²) < 4.78 is 0. The molecule has 1 aliphatic rings. The van der Waals surface area contributed by atoms with Crippen LogP contribution in [0.5, 0.6) is 0 Å². The predicted octanol–water partition coefficient (Wildman–Crippen LogP) is 1.48. The number of rotatable bonds is 2. The average molecular weight is 269 g/mol. The fourth-order valence-corrected chi connectivity index (χ4v) is 2.98. The van der Waals surface area contributed by atoms with Crippen LogP contribution in [0.25, 0.3) is 0 Å². The Morgan fingerprint density at radius 3 is 2.56 bits per heavy atom. The normalized spacial score (nSPS) is 24.0. The van der Waals surface area contributed by atoms with Crippen molar-refractivity contribution in [3.8, 4) is 0 Å². The number of hydrogen-bond acceptors (Lipinski definition) is 5. The van der Waals surface area contributed by atoms with Crippen molar-refractivity contribution >= 4 is 22.2 Å². The van der Waals surface area contributed by atoms with Crippen LogP contribution in [0.1, 0.15) is 23.5 Å². The zero-order valence-electron chi connectivity index (χ0n) is 10.3. The second-order valence-electron chi connectivity index (χ2n) is 4.57. The van der Waals surface area contributed by atoms with E-state index in [1.54, 1.807) is 4.90 Å². The molecule has 1 amide bonds. The second kappa shape index (κ2) is 5.03. The average Bonchev–Trinajstić information content (AvgIpc) is 2.75. The highest BCUT2D eigenvalue weighted by Crippen LogP contribution is 2.25. The summed E-state index contributed by atoms with van der Waals surface area (Å²) in [4.78, 5) is 24.5. The molecule has 0 aliphatic carbocycles. The first-order valence-corrected chi connectivity index (χ1v) is 6.58. The van der Waals surface area contributed by atoms with Gasteiger partial charge in [-0.25, -0.2) is 0 Å². The molecule has 1 saturated heterocycles. The molecule has 0 radical (unpaired) electrons. The highest BCUT2D eigenvalue weighted by molar-refractivity contribution is 7.17. The van der Waals surface area contributed by atoms with Crippen LogP contribution in [0.4, 0.5) is 5.00 Å². The van der Waals surface area contributed by atoms with Gasteiger partial charge in [0.1, 0.15) is 0 Å². The third-order valence-corrected chi connectivity index (χ3v) is 3.85. The van der Waals surface area contributed by atoms with Crippen LogP contribution in [0, 0.1) is 10.1 Å². The van der Waals surface area contributed by atoms with E-state index in [1.807, 2.05) is 13.8 Å². The maximum absolute atomic E-state index is 12.2. The first kappa shape index (κ1) is 13.0. The number of hydrogen-bond donors (Lipinski definition) is 1. The monoisotopic (exact) mass is 269 g/mol. The molecule has 0 bridgehead atoms. The maximum Gasteiger partial charge on any atom is 0.324 e. The SMILES string of the molecule is CC1CN(C(=O)c2ccc([N+](=O)[O-])s2)CC(C)N1. The van der Waals surface area contributed by atoms with Crippen LogP contribution in [0.2, 0.25) is 0 Å². The molecule has 7 heteroatoms. The van der Waals surface area contributed by atoms with Gasteiger partial charge in [-0.2, -0.15) is 0 Å². The third-order valence-electron chi connectivity index (χ3n) is 2.83. The minimum absolute atomic E-state index is 0.00887. The summed E-state index contributed by atoms with van der Waals surface area (Å²) >= 11 is 0.934. The molecule has 2 unspecified atom stereocenters. The summed E-state index contributed by atoms with van der Waals surface area (Å²) in [5.41, 5.74) is 0. The van der Waals surface area contributed by atoms with Crippen LogP contribution in [0.15, 0.2) is 12.1 Å². The van der Waals surface area contributed by atoms with Crippen molar-refractivity contribution in [2.75, 3.05) is 13.1 Å². The predicted molar refractivity (Wildman–Crippen MR) is 68.9 cm³/mol. The molecule has 1 N–H and O–H groups in total. The molecule has 2 heterocycles. The van der Waals surface area contributed by atoms with E-state index in [0.717, 1.165) is 11.3 Å². The van der Waals surface area contributed by atoms with Gasteiger partial charge in [0.05, 0.1) is 9.80 Å². The van der Waals surface area contributed by atoms with Gasteiger partial charge in [-0.3, -0.25) is 14.9 Å². The summed E-state index contributed by atoms with van der Waals surface area (Å²) in [7, 11) is 0. The standard InChI is InChI=1S/C11H15N3O3S/c1-7-5-13(6-8(2)12-7)11(15)9-3-4-10(18-9)14(16)17/h3-4,7-8,12H,5-6H2,1-2H3. The molecular formula is C11H15N3O3S. The summed E-state index contributed by atoms with van der Waals surface area (Å²) in [6.07, 6.45) is 0. The first-order chi connectivity index (χ1) is 8.47. The zero-order valence-corrected chi connectivity index (χ0v) is 11.1.